The van der Waals surface area contributed by atoms with Crippen LogP contribution in [-0.4, -0.2) is 12.8 Å². The van der Waals surface area contributed by atoms with Crippen molar-refractivity contribution in [2.75, 3.05) is 11.9 Å². The zero-order chi connectivity index (χ0) is 25.1. The molecule has 0 amide bonds. The van der Waals surface area contributed by atoms with Gasteiger partial charge in [-0.2, -0.15) is 0 Å². The van der Waals surface area contributed by atoms with Gasteiger partial charge >= 0.3 is 0 Å². The van der Waals surface area contributed by atoms with Crippen LogP contribution in [-0.2, 0) is 10.8 Å². The summed E-state index contributed by atoms with van der Waals surface area (Å²) in [5.74, 6) is 0. The first-order valence-corrected chi connectivity index (χ1v) is 12.7. The number of hydrogen-bond donors (Lipinski definition) is 0. The summed E-state index contributed by atoms with van der Waals surface area (Å²) in [6, 6.07) is 26.1. The summed E-state index contributed by atoms with van der Waals surface area (Å²) in [4.78, 5) is 7.33. The Morgan fingerprint density at radius 1 is 0.667 bits per heavy atom. The van der Waals surface area contributed by atoms with Crippen LogP contribution in [0.25, 0.3) is 21.5 Å². The van der Waals surface area contributed by atoms with E-state index >= 15 is 0 Å². The van der Waals surface area contributed by atoms with E-state index in [0.717, 1.165) is 11.4 Å². The van der Waals surface area contributed by atoms with Gasteiger partial charge in [0.05, 0.1) is 11.4 Å². The summed E-state index contributed by atoms with van der Waals surface area (Å²) in [5, 5.41) is 5.21. The number of nitrogens with zero attached hydrogens (tertiary/aromatic N) is 2. The molecule has 6 rings (SSSR count). The molecule has 2 aliphatic heterocycles. The van der Waals surface area contributed by atoms with Crippen LogP contribution in [0.3, 0.4) is 0 Å². The number of rotatable bonds is 3. The van der Waals surface area contributed by atoms with Gasteiger partial charge in [0.2, 0.25) is 0 Å². The first-order chi connectivity index (χ1) is 17.3. The minimum atomic E-state index is -0.130. The fraction of sp³-hybridized carbons (Fsp3) is 0.206. The molecule has 0 N–H and O–H groups in total. The number of hydrogen-bond acceptors (Lipinski definition) is 2. The fourth-order valence-electron chi connectivity index (χ4n) is 6.20. The smallest absolute Gasteiger partial charge is 0.0681 e. The summed E-state index contributed by atoms with van der Waals surface area (Å²) < 4.78 is 0. The summed E-state index contributed by atoms with van der Waals surface area (Å²) >= 11 is 0. The minimum absolute atomic E-state index is 0.0702. The van der Waals surface area contributed by atoms with Gasteiger partial charge in [-0.15, -0.1) is 0 Å². The van der Waals surface area contributed by atoms with E-state index in [2.05, 4.69) is 143 Å². The fourth-order valence-corrected chi connectivity index (χ4v) is 6.20. The van der Waals surface area contributed by atoms with Gasteiger partial charge in [0.25, 0.3) is 0 Å². The molecular weight excluding hydrogens is 436 g/mol. The van der Waals surface area contributed by atoms with Gasteiger partial charge in [0, 0.05) is 29.3 Å². The van der Waals surface area contributed by atoms with E-state index in [0.29, 0.717) is 0 Å². The molecule has 0 spiro atoms. The van der Waals surface area contributed by atoms with Crippen molar-refractivity contribution in [3.05, 3.63) is 120 Å². The highest BCUT2D eigenvalue weighted by Gasteiger charge is 2.39. The molecule has 0 unspecified atom stereocenters. The quantitative estimate of drug-likeness (QED) is 0.274. The monoisotopic (exact) mass is 468 g/mol. The number of fused-ring (bicyclic) bond motifs is 6. The highest BCUT2D eigenvalue weighted by Crippen LogP contribution is 2.50. The molecular formula is C34H32N2. The topological polar surface area (TPSA) is 15.6 Å². The predicted molar refractivity (Wildman–Crippen MR) is 156 cm³/mol. The van der Waals surface area contributed by atoms with Gasteiger partial charge in [-0.05, 0) is 57.0 Å². The zero-order valence-electron chi connectivity index (χ0n) is 21.7. The Morgan fingerprint density at radius 3 is 2.03 bits per heavy atom. The van der Waals surface area contributed by atoms with E-state index in [1.165, 1.54) is 44.1 Å². The molecule has 0 fully saturated rings. The van der Waals surface area contributed by atoms with E-state index in [-0.39, 0.29) is 10.8 Å². The number of likely N-dealkylation sites (N-methyl/N-ethyl adjacent to an activating group) is 1. The van der Waals surface area contributed by atoms with Crippen LogP contribution in [0.2, 0.25) is 0 Å². The molecule has 0 saturated carbocycles. The van der Waals surface area contributed by atoms with E-state index in [9.17, 15) is 0 Å². The molecule has 0 radical (unpaired) electrons. The third kappa shape index (κ3) is 3.28. The Hall–Kier alpha value is -3.91. The van der Waals surface area contributed by atoms with Gasteiger partial charge in [-0.3, -0.25) is 4.99 Å². The molecule has 4 aromatic carbocycles. The summed E-state index contributed by atoms with van der Waals surface area (Å²) in [5.41, 5.74) is 7.31. The predicted octanol–water partition coefficient (Wildman–Crippen LogP) is 8.78. The Kier molecular flexibility index (Phi) is 5.05. The van der Waals surface area contributed by atoms with Crippen molar-refractivity contribution < 1.29 is 0 Å². The Labute approximate surface area is 214 Å². The molecule has 2 nitrogen and oxygen atoms in total. The van der Waals surface area contributed by atoms with Crippen molar-refractivity contribution in [3.8, 4) is 0 Å². The van der Waals surface area contributed by atoms with Crippen LogP contribution in [0.5, 0.6) is 0 Å². The van der Waals surface area contributed by atoms with Crippen molar-refractivity contribution in [3.63, 3.8) is 0 Å². The largest absolute Gasteiger partial charge is 0.347 e. The average Bonchev–Trinajstić information content (AvgIpc) is 3.25. The average molecular weight is 469 g/mol. The molecule has 2 heterocycles. The van der Waals surface area contributed by atoms with Crippen LogP contribution < -0.4 is 4.90 Å². The van der Waals surface area contributed by atoms with Crippen LogP contribution >= 0.6 is 0 Å². The molecule has 36 heavy (non-hydrogen) atoms. The van der Waals surface area contributed by atoms with E-state index in [4.69, 9.17) is 4.99 Å². The molecule has 2 heteroatoms. The second kappa shape index (κ2) is 8.06. The highest BCUT2D eigenvalue weighted by molar-refractivity contribution is 6.12. The third-order valence-electron chi connectivity index (χ3n) is 8.04. The van der Waals surface area contributed by atoms with Crippen molar-refractivity contribution in [1.29, 1.82) is 0 Å². The normalized spacial score (nSPS) is 19.1. The zero-order valence-corrected chi connectivity index (χ0v) is 21.7. The maximum Gasteiger partial charge on any atom is 0.0681 e. The maximum atomic E-state index is 4.99. The lowest BCUT2D eigenvalue weighted by molar-refractivity contribution is 0.645. The van der Waals surface area contributed by atoms with Gasteiger partial charge in [-0.25, -0.2) is 0 Å². The number of benzene rings is 4. The van der Waals surface area contributed by atoms with Gasteiger partial charge in [-0.1, -0.05) is 107 Å². The molecule has 0 aromatic heterocycles. The molecule has 2 aliphatic rings. The van der Waals surface area contributed by atoms with Crippen LogP contribution in [0.15, 0.2) is 114 Å². The molecule has 178 valence electrons. The standard InChI is InChI=1S/C34H32N2/c1-33(2)29(35-27-21-19-23-13-9-11-15-25(23)31(27)33)17-7-6-8-18-30-34(3,4)32-26-16-12-10-14-24(26)20-22-28(32)36(30)5/h6-22H,1-5H3/b8-6+,17-7+,30-18-. The Morgan fingerprint density at radius 2 is 1.31 bits per heavy atom. The molecule has 0 saturated heterocycles. The van der Waals surface area contributed by atoms with Crippen molar-refractivity contribution in [1.82, 2.24) is 0 Å². The molecule has 0 atom stereocenters. The molecule has 4 aromatic rings. The Bertz CT molecular complexity index is 1640. The second-order valence-corrected chi connectivity index (χ2v) is 11.0. The summed E-state index contributed by atoms with van der Waals surface area (Å²) in [6.07, 6.45) is 10.8. The van der Waals surface area contributed by atoms with E-state index in [1.54, 1.807) is 0 Å². The third-order valence-corrected chi connectivity index (χ3v) is 8.04. The van der Waals surface area contributed by atoms with Crippen LogP contribution in [0.1, 0.15) is 38.8 Å². The summed E-state index contributed by atoms with van der Waals surface area (Å²) in [6.45, 7) is 9.21. The first-order valence-electron chi connectivity index (χ1n) is 12.7. The maximum absolute atomic E-state index is 4.99. The van der Waals surface area contributed by atoms with E-state index in [1.807, 2.05) is 0 Å². The summed E-state index contributed by atoms with van der Waals surface area (Å²) in [7, 11) is 2.18. The lowest BCUT2D eigenvalue weighted by Crippen LogP contribution is -2.24. The lowest BCUT2D eigenvalue weighted by atomic mass is 9.79. The van der Waals surface area contributed by atoms with Crippen molar-refractivity contribution >= 4 is 38.6 Å². The van der Waals surface area contributed by atoms with Gasteiger partial charge < -0.3 is 4.90 Å². The van der Waals surface area contributed by atoms with Crippen LogP contribution in [0, 0.1) is 0 Å². The number of aliphatic imine (C=N–C) groups is 1. The van der Waals surface area contributed by atoms with E-state index < -0.39 is 0 Å². The van der Waals surface area contributed by atoms with Crippen molar-refractivity contribution in [2.24, 2.45) is 4.99 Å². The SMILES string of the molecule is CN1\C(=C/C=C/C=C/C2=Nc3ccc4ccccc4c3C2(C)C)C(C)(C)c2c1ccc1ccccc21. The molecule has 0 bridgehead atoms. The number of anilines is 1. The lowest BCUT2D eigenvalue weighted by Gasteiger charge is -2.24. The van der Waals surface area contributed by atoms with Gasteiger partial charge in [0.15, 0.2) is 0 Å². The van der Waals surface area contributed by atoms with Crippen LogP contribution in [0.4, 0.5) is 11.4 Å². The Balaban J connectivity index is 1.27. The highest BCUT2D eigenvalue weighted by atomic mass is 15.2. The minimum Gasteiger partial charge on any atom is -0.347 e. The first kappa shape index (κ1) is 22.5. The number of allylic oxidation sites excluding steroid dienone is 6. The van der Waals surface area contributed by atoms with Gasteiger partial charge in [0.1, 0.15) is 0 Å². The molecule has 0 aliphatic carbocycles. The second-order valence-electron chi connectivity index (χ2n) is 11.0. The van der Waals surface area contributed by atoms with Crippen molar-refractivity contribution in [2.45, 2.75) is 38.5 Å².